The van der Waals surface area contributed by atoms with Crippen LogP contribution < -0.4 is 5.32 Å². The van der Waals surface area contributed by atoms with Crippen molar-refractivity contribution in [3.63, 3.8) is 0 Å². The molecule has 0 bridgehead atoms. The molecule has 178 valence electrons. The molecular formula is C21H20N4O8S. The molecule has 1 fully saturated rings. The number of hydrogen-bond donors (Lipinski definition) is 3. The summed E-state index contributed by atoms with van der Waals surface area (Å²) in [4.78, 5) is 63.8. The minimum absolute atomic E-state index is 0.0307. The van der Waals surface area contributed by atoms with Crippen LogP contribution in [0.1, 0.15) is 28.8 Å². The van der Waals surface area contributed by atoms with Crippen molar-refractivity contribution in [1.29, 1.82) is 0 Å². The molecule has 1 saturated heterocycles. The smallest absolute Gasteiger partial charge is 0.410 e. The van der Waals surface area contributed by atoms with Crippen molar-refractivity contribution in [1.82, 2.24) is 9.88 Å². The van der Waals surface area contributed by atoms with Gasteiger partial charge in [0.15, 0.2) is 5.12 Å². The number of aromatic carboxylic acids is 1. The molecule has 3 rings (SSSR count). The molecule has 0 spiro atoms. The average Bonchev–Trinajstić information content (AvgIpc) is 3.21. The molecule has 1 aliphatic heterocycles. The van der Waals surface area contributed by atoms with Gasteiger partial charge in [0.05, 0.1) is 4.92 Å². The second kappa shape index (κ2) is 10.7. The van der Waals surface area contributed by atoms with E-state index in [1.165, 1.54) is 42.6 Å². The lowest BCUT2D eigenvalue weighted by molar-refractivity contribution is -0.384. The van der Waals surface area contributed by atoms with E-state index in [0.717, 1.165) is 4.90 Å². The van der Waals surface area contributed by atoms with Gasteiger partial charge >= 0.3 is 12.1 Å². The minimum atomic E-state index is -1.28. The normalized spacial score (nSPS) is 17.1. The Morgan fingerprint density at radius 1 is 1.24 bits per heavy atom. The number of carbonyl (C=O) groups excluding carboxylic acids is 3. The van der Waals surface area contributed by atoms with Gasteiger partial charge in [0, 0.05) is 31.3 Å². The van der Waals surface area contributed by atoms with Crippen molar-refractivity contribution >= 4 is 47.2 Å². The second-order valence-electron chi connectivity index (χ2n) is 7.54. The van der Waals surface area contributed by atoms with Crippen LogP contribution in [0, 0.1) is 16.0 Å². The van der Waals surface area contributed by atoms with E-state index in [-0.39, 0.29) is 49.0 Å². The average molecular weight is 488 g/mol. The van der Waals surface area contributed by atoms with Gasteiger partial charge in [0.25, 0.3) is 5.69 Å². The number of likely N-dealkylation sites (tertiary alicyclic amines) is 1. The number of hydrogen-bond acceptors (Lipinski definition) is 8. The highest BCUT2D eigenvalue weighted by molar-refractivity contribution is 7.96. The Morgan fingerprint density at radius 3 is 2.56 bits per heavy atom. The van der Waals surface area contributed by atoms with E-state index < -0.39 is 34.1 Å². The third kappa shape index (κ3) is 6.07. The number of non-ortho nitro benzene ring substituents is 1. The van der Waals surface area contributed by atoms with Crippen LogP contribution in [0.3, 0.4) is 0 Å². The summed E-state index contributed by atoms with van der Waals surface area (Å²) < 4.78 is 5.28. The Bertz CT molecular complexity index is 1120. The van der Waals surface area contributed by atoms with Crippen LogP contribution in [0.25, 0.3) is 0 Å². The minimum Gasteiger partial charge on any atom is -0.478 e. The lowest BCUT2D eigenvalue weighted by atomic mass is 10.0. The van der Waals surface area contributed by atoms with E-state index in [0.29, 0.717) is 5.56 Å². The predicted molar refractivity (Wildman–Crippen MR) is 120 cm³/mol. The van der Waals surface area contributed by atoms with Crippen molar-refractivity contribution in [2.45, 2.75) is 25.5 Å². The number of anilines is 1. The summed E-state index contributed by atoms with van der Waals surface area (Å²) in [5.74, 6) is -2.49. The van der Waals surface area contributed by atoms with Gasteiger partial charge in [-0.15, -0.1) is 12.6 Å². The molecule has 2 N–H and O–H groups in total. The highest BCUT2D eigenvalue weighted by Gasteiger charge is 2.41. The maximum Gasteiger partial charge on any atom is 0.410 e. The number of amides is 2. The van der Waals surface area contributed by atoms with Crippen molar-refractivity contribution in [3.05, 3.63) is 63.8 Å². The number of aromatic nitrogens is 1. The van der Waals surface area contributed by atoms with E-state index in [4.69, 9.17) is 4.74 Å². The Kier molecular flexibility index (Phi) is 7.79. The molecule has 2 amide bonds. The third-order valence-electron chi connectivity index (χ3n) is 5.18. The molecule has 34 heavy (non-hydrogen) atoms. The molecule has 2 heterocycles. The molecule has 1 aromatic carbocycles. The lowest BCUT2D eigenvalue weighted by Crippen LogP contribution is -2.43. The monoisotopic (exact) mass is 488 g/mol. The van der Waals surface area contributed by atoms with Crippen LogP contribution in [0.15, 0.2) is 42.6 Å². The summed E-state index contributed by atoms with van der Waals surface area (Å²) in [5.41, 5.74) is 0.171. The van der Waals surface area contributed by atoms with Crippen LogP contribution in [0.5, 0.6) is 0 Å². The zero-order valence-electron chi connectivity index (χ0n) is 17.6. The number of rotatable bonds is 8. The van der Waals surface area contributed by atoms with Crippen molar-refractivity contribution < 1.29 is 33.9 Å². The molecular weight excluding hydrogens is 468 g/mol. The summed E-state index contributed by atoms with van der Waals surface area (Å²) in [7, 11) is 0. The Morgan fingerprint density at radius 2 is 1.94 bits per heavy atom. The van der Waals surface area contributed by atoms with Gasteiger partial charge in [-0.1, -0.05) is 0 Å². The molecule has 2 atom stereocenters. The fraction of sp³-hybridized carbons (Fsp3) is 0.286. The number of carboxylic acid groups (broad SMARTS) is 1. The molecule has 1 aliphatic rings. The molecule has 2 unspecified atom stereocenters. The summed E-state index contributed by atoms with van der Waals surface area (Å²) in [6, 6.07) is 7.08. The number of ether oxygens (including phenoxy) is 1. The number of thiol groups is 1. The number of carbonyl (C=O) groups is 4. The van der Waals surface area contributed by atoms with Gasteiger partial charge in [-0.3, -0.25) is 24.6 Å². The van der Waals surface area contributed by atoms with Gasteiger partial charge in [0.1, 0.15) is 24.0 Å². The number of nitrogens with zero attached hydrogens (tertiary/aromatic N) is 3. The maximum absolute atomic E-state index is 12.9. The molecule has 1 aromatic heterocycles. The standard InChI is InChI=1S/C21H20N4O8S/c26-17(34)9-13-8-16(19(27)23-18-15(20(28)29)2-1-7-22-18)24(10-13)21(30)33-11-12-3-5-14(6-4-12)25(31)32/h1-7,13,16H,8-11H2,(H,26,34)(H,28,29)(H,22,23,27). The first-order valence-electron chi connectivity index (χ1n) is 10.0. The Balaban J connectivity index is 1.72. The van der Waals surface area contributed by atoms with Crippen molar-refractivity contribution in [3.8, 4) is 0 Å². The number of carboxylic acids is 1. The molecule has 0 radical (unpaired) electrons. The van der Waals surface area contributed by atoms with E-state index >= 15 is 0 Å². The molecule has 2 aromatic rings. The van der Waals surface area contributed by atoms with Gasteiger partial charge < -0.3 is 15.2 Å². The summed E-state index contributed by atoms with van der Waals surface area (Å²) in [6.45, 7) is -0.140. The van der Waals surface area contributed by atoms with Crippen LogP contribution in [0.2, 0.25) is 0 Å². The SMILES string of the molecule is O=C(S)CC1CC(C(=O)Nc2ncccc2C(=O)O)N(C(=O)OCc2ccc([N+](=O)[O-])cc2)C1. The zero-order valence-corrected chi connectivity index (χ0v) is 18.5. The van der Waals surface area contributed by atoms with Crippen LogP contribution in [-0.4, -0.2) is 55.6 Å². The predicted octanol–water partition coefficient (Wildman–Crippen LogP) is 2.50. The number of nitro benzene ring substituents is 1. The van der Waals surface area contributed by atoms with Gasteiger partial charge in [0.2, 0.25) is 5.91 Å². The fourth-order valence-electron chi connectivity index (χ4n) is 3.59. The van der Waals surface area contributed by atoms with Gasteiger partial charge in [-0.2, -0.15) is 0 Å². The van der Waals surface area contributed by atoms with Gasteiger partial charge in [-0.05, 0) is 42.2 Å². The first-order valence-corrected chi connectivity index (χ1v) is 10.5. The Hall–Kier alpha value is -4.00. The van der Waals surface area contributed by atoms with Crippen molar-refractivity contribution in [2.75, 3.05) is 11.9 Å². The van der Waals surface area contributed by atoms with E-state index in [9.17, 15) is 34.4 Å². The maximum atomic E-state index is 12.9. The topological polar surface area (TPSA) is 169 Å². The largest absolute Gasteiger partial charge is 0.478 e. The molecule has 0 saturated carbocycles. The first kappa shape index (κ1) is 24.6. The van der Waals surface area contributed by atoms with E-state index in [2.05, 4.69) is 22.9 Å². The molecule has 12 nitrogen and oxygen atoms in total. The van der Waals surface area contributed by atoms with E-state index in [1.807, 2.05) is 0 Å². The van der Waals surface area contributed by atoms with Gasteiger partial charge in [-0.25, -0.2) is 14.6 Å². The number of benzene rings is 1. The highest BCUT2D eigenvalue weighted by Crippen LogP contribution is 2.29. The first-order chi connectivity index (χ1) is 16.2. The highest BCUT2D eigenvalue weighted by atomic mass is 32.1. The number of pyridine rings is 1. The molecule has 13 heteroatoms. The lowest BCUT2D eigenvalue weighted by Gasteiger charge is -2.23. The molecule has 0 aliphatic carbocycles. The summed E-state index contributed by atoms with van der Waals surface area (Å²) >= 11 is 3.77. The summed E-state index contributed by atoms with van der Waals surface area (Å²) in [5, 5.41) is 22.1. The second-order valence-corrected chi connectivity index (χ2v) is 8.04. The van der Waals surface area contributed by atoms with Crippen LogP contribution in [0.4, 0.5) is 16.3 Å². The summed E-state index contributed by atoms with van der Waals surface area (Å²) in [6.07, 6.45) is 0.658. The van der Waals surface area contributed by atoms with Crippen LogP contribution >= 0.6 is 12.6 Å². The van der Waals surface area contributed by atoms with E-state index in [1.54, 1.807) is 0 Å². The third-order valence-corrected chi connectivity index (χ3v) is 5.36. The number of nitrogens with one attached hydrogen (secondary N) is 1. The number of nitro groups is 1. The van der Waals surface area contributed by atoms with Crippen molar-refractivity contribution in [2.24, 2.45) is 5.92 Å². The fourth-order valence-corrected chi connectivity index (χ4v) is 3.85. The Labute approximate surface area is 198 Å². The quantitative estimate of drug-likeness (QED) is 0.287. The van der Waals surface area contributed by atoms with Crippen LogP contribution in [-0.2, 0) is 20.9 Å². The zero-order chi connectivity index (χ0) is 24.8.